The molecular formula is C13H14FN3OS. The van der Waals surface area contributed by atoms with Crippen molar-refractivity contribution >= 4 is 17.4 Å². The van der Waals surface area contributed by atoms with Gasteiger partial charge in [-0.25, -0.2) is 4.39 Å². The summed E-state index contributed by atoms with van der Waals surface area (Å²) < 4.78 is 16.9. The van der Waals surface area contributed by atoms with Crippen LogP contribution in [0.4, 0.5) is 4.39 Å². The van der Waals surface area contributed by atoms with Gasteiger partial charge in [0.1, 0.15) is 10.7 Å². The summed E-state index contributed by atoms with van der Waals surface area (Å²) >= 11 is 1.10. The Bertz CT molecular complexity index is 585. The summed E-state index contributed by atoms with van der Waals surface area (Å²) in [5.74, 6) is -0.428. The molecule has 4 nitrogen and oxygen atoms in total. The highest BCUT2D eigenvalue weighted by Gasteiger charge is 2.19. The van der Waals surface area contributed by atoms with Crippen molar-refractivity contribution in [3.8, 4) is 0 Å². The number of hydrogen-bond donors (Lipinski definition) is 0. The number of aromatic nitrogens is 2. The minimum Gasteiger partial charge on any atom is -0.337 e. The smallest absolute Gasteiger partial charge is 0.267 e. The first-order valence-electron chi connectivity index (χ1n) is 5.93. The van der Waals surface area contributed by atoms with Gasteiger partial charge in [-0.05, 0) is 35.6 Å². The van der Waals surface area contributed by atoms with Gasteiger partial charge in [0, 0.05) is 13.6 Å². The zero-order chi connectivity index (χ0) is 13.8. The summed E-state index contributed by atoms with van der Waals surface area (Å²) in [5.41, 5.74) is 1.47. The molecule has 2 aromatic rings. The van der Waals surface area contributed by atoms with Crippen molar-refractivity contribution in [1.29, 1.82) is 0 Å². The Morgan fingerprint density at radius 2 is 2.26 bits per heavy atom. The quantitative estimate of drug-likeness (QED) is 0.864. The fourth-order valence-electron chi connectivity index (χ4n) is 1.76. The molecule has 1 amide bonds. The zero-order valence-corrected chi connectivity index (χ0v) is 11.6. The van der Waals surface area contributed by atoms with Crippen molar-refractivity contribution in [2.24, 2.45) is 0 Å². The van der Waals surface area contributed by atoms with Crippen molar-refractivity contribution in [1.82, 2.24) is 14.5 Å². The van der Waals surface area contributed by atoms with E-state index in [2.05, 4.69) is 9.59 Å². The second-order valence-corrected chi connectivity index (χ2v) is 4.95. The van der Waals surface area contributed by atoms with Gasteiger partial charge in [0.05, 0.1) is 5.69 Å². The standard InChI is InChI=1S/C13H14FN3OS/c1-3-11-12(19-16-15-11)13(18)17(2)8-9-5-4-6-10(14)7-9/h4-7H,3,8H2,1-2H3. The number of hydrogen-bond acceptors (Lipinski definition) is 4. The summed E-state index contributed by atoms with van der Waals surface area (Å²) in [6.07, 6.45) is 0.672. The Labute approximate surface area is 115 Å². The van der Waals surface area contributed by atoms with Crippen LogP contribution < -0.4 is 0 Å². The van der Waals surface area contributed by atoms with E-state index >= 15 is 0 Å². The van der Waals surface area contributed by atoms with Crippen LogP contribution in [0.15, 0.2) is 24.3 Å². The lowest BCUT2D eigenvalue weighted by Crippen LogP contribution is -2.26. The number of carbonyl (C=O) groups is 1. The van der Waals surface area contributed by atoms with Crippen molar-refractivity contribution in [2.45, 2.75) is 19.9 Å². The SMILES string of the molecule is CCc1nnsc1C(=O)N(C)Cc1cccc(F)c1. The number of nitrogens with zero attached hydrogens (tertiary/aromatic N) is 3. The van der Waals surface area contributed by atoms with Crippen LogP contribution in [0.25, 0.3) is 0 Å². The van der Waals surface area contributed by atoms with E-state index in [4.69, 9.17) is 0 Å². The molecule has 0 N–H and O–H groups in total. The molecule has 1 heterocycles. The molecule has 0 spiro atoms. The molecule has 1 aromatic carbocycles. The lowest BCUT2D eigenvalue weighted by molar-refractivity contribution is 0.0788. The lowest BCUT2D eigenvalue weighted by Gasteiger charge is -2.16. The van der Waals surface area contributed by atoms with Gasteiger partial charge in [-0.2, -0.15) is 0 Å². The van der Waals surface area contributed by atoms with Crippen molar-refractivity contribution in [2.75, 3.05) is 7.05 Å². The van der Waals surface area contributed by atoms with Crippen LogP contribution in [-0.2, 0) is 13.0 Å². The highest BCUT2D eigenvalue weighted by Crippen LogP contribution is 2.15. The molecule has 0 aliphatic rings. The zero-order valence-electron chi connectivity index (χ0n) is 10.8. The molecule has 0 fully saturated rings. The number of halogens is 1. The number of carbonyl (C=O) groups excluding carboxylic acids is 1. The van der Waals surface area contributed by atoms with Crippen LogP contribution in [0.1, 0.15) is 27.9 Å². The average Bonchev–Trinajstić information content (AvgIpc) is 2.86. The van der Waals surface area contributed by atoms with E-state index in [1.165, 1.54) is 12.1 Å². The molecule has 0 aliphatic heterocycles. The Kier molecular flexibility index (Phi) is 4.21. The minimum absolute atomic E-state index is 0.129. The molecule has 2 rings (SSSR count). The fourth-order valence-corrected chi connectivity index (χ4v) is 2.50. The third-order valence-corrected chi connectivity index (χ3v) is 3.50. The van der Waals surface area contributed by atoms with E-state index in [0.29, 0.717) is 23.5 Å². The second kappa shape index (κ2) is 5.88. The van der Waals surface area contributed by atoms with Gasteiger partial charge in [-0.15, -0.1) is 5.10 Å². The number of rotatable bonds is 4. The van der Waals surface area contributed by atoms with Gasteiger partial charge >= 0.3 is 0 Å². The molecule has 0 unspecified atom stereocenters. The highest BCUT2D eigenvalue weighted by atomic mass is 32.1. The lowest BCUT2D eigenvalue weighted by atomic mass is 10.2. The molecule has 0 saturated carbocycles. The maximum atomic E-state index is 13.1. The van der Waals surface area contributed by atoms with Crippen LogP contribution in [0.3, 0.4) is 0 Å². The monoisotopic (exact) mass is 279 g/mol. The molecule has 6 heteroatoms. The second-order valence-electron chi connectivity index (χ2n) is 4.19. The predicted octanol–water partition coefficient (Wildman–Crippen LogP) is 2.51. The van der Waals surface area contributed by atoms with Gasteiger partial charge in [0.2, 0.25) is 0 Å². The summed E-state index contributed by atoms with van der Waals surface area (Å²) in [6.45, 7) is 2.29. The molecule has 1 aromatic heterocycles. The molecule has 0 saturated heterocycles. The largest absolute Gasteiger partial charge is 0.337 e. The van der Waals surface area contributed by atoms with Crippen molar-refractivity contribution < 1.29 is 9.18 Å². The highest BCUT2D eigenvalue weighted by molar-refractivity contribution is 7.07. The summed E-state index contributed by atoms with van der Waals surface area (Å²) in [5, 5.41) is 3.92. The molecule has 0 radical (unpaired) electrons. The molecule has 19 heavy (non-hydrogen) atoms. The molecular weight excluding hydrogens is 265 g/mol. The van der Waals surface area contributed by atoms with Gasteiger partial charge in [-0.3, -0.25) is 4.79 Å². The van der Waals surface area contributed by atoms with E-state index in [1.807, 2.05) is 6.92 Å². The molecule has 0 aliphatic carbocycles. The normalized spacial score (nSPS) is 10.5. The number of aryl methyl sites for hydroxylation is 1. The van der Waals surface area contributed by atoms with Crippen LogP contribution >= 0.6 is 11.5 Å². The molecule has 0 bridgehead atoms. The van der Waals surface area contributed by atoms with E-state index in [0.717, 1.165) is 17.1 Å². The topological polar surface area (TPSA) is 46.1 Å². The van der Waals surface area contributed by atoms with Crippen LogP contribution in [0.5, 0.6) is 0 Å². The third kappa shape index (κ3) is 3.14. The van der Waals surface area contributed by atoms with Gasteiger partial charge in [0.25, 0.3) is 5.91 Å². The van der Waals surface area contributed by atoms with E-state index in [1.54, 1.807) is 24.1 Å². The maximum Gasteiger partial charge on any atom is 0.267 e. The first kappa shape index (κ1) is 13.6. The van der Waals surface area contributed by atoms with E-state index in [-0.39, 0.29) is 11.7 Å². The Morgan fingerprint density at radius 3 is 2.95 bits per heavy atom. The van der Waals surface area contributed by atoms with Crippen LogP contribution in [-0.4, -0.2) is 27.4 Å². The van der Waals surface area contributed by atoms with Crippen molar-refractivity contribution in [3.63, 3.8) is 0 Å². The summed E-state index contributed by atoms with van der Waals surface area (Å²) in [4.78, 5) is 14.3. The maximum absolute atomic E-state index is 13.1. The van der Waals surface area contributed by atoms with Gasteiger partial charge < -0.3 is 4.90 Å². The Morgan fingerprint density at radius 1 is 1.47 bits per heavy atom. The minimum atomic E-state index is -0.299. The third-order valence-electron chi connectivity index (χ3n) is 2.74. The predicted molar refractivity (Wildman–Crippen MR) is 71.5 cm³/mol. The molecule has 0 atom stereocenters. The Hall–Kier alpha value is -1.82. The van der Waals surface area contributed by atoms with Gasteiger partial charge in [-0.1, -0.05) is 23.5 Å². The van der Waals surface area contributed by atoms with E-state index < -0.39 is 0 Å². The van der Waals surface area contributed by atoms with Crippen molar-refractivity contribution in [3.05, 3.63) is 46.2 Å². The Balaban J connectivity index is 2.12. The number of benzene rings is 1. The first-order chi connectivity index (χ1) is 9.11. The van der Waals surface area contributed by atoms with Crippen LogP contribution in [0.2, 0.25) is 0 Å². The molecule has 100 valence electrons. The van der Waals surface area contributed by atoms with E-state index in [9.17, 15) is 9.18 Å². The van der Waals surface area contributed by atoms with Crippen LogP contribution in [0, 0.1) is 5.82 Å². The first-order valence-corrected chi connectivity index (χ1v) is 6.70. The van der Waals surface area contributed by atoms with Gasteiger partial charge in [0.15, 0.2) is 0 Å². The average molecular weight is 279 g/mol. The summed E-state index contributed by atoms with van der Waals surface area (Å²) in [6, 6.07) is 6.23. The summed E-state index contributed by atoms with van der Waals surface area (Å²) in [7, 11) is 1.69. The number of amides is 1. The fraction of sp³-hybridized carbons (Fsp3) is 0.308.